The lowest BCUT2D eigenvalue weighted by Gasteiger charge is -2.58. The fraction of sp³-hybridized carbons (Fsp3) is 0.475. The Morgan fingerprint density at radius 1 is 1.04 bits per heavy atom. The van der Waals surface area contributed by atoms with Crippen molar-refractivity contribution < 1.29 is 39.3 Å². The van der Waals surface area contributed by atoms with Crippen LogP contribution < -0.4 is 9.47 Å². The summed E-state index contributed by atoms with van der Waals surface area (Å²) in [6, 6.07) is 11.3. The van der Waals surface area contributed by atoms with E-state index in [0.29, 0.717) is 47.9 Å². The quantitative estimate of drug-likeness (QED) is 0.0538. The number of fused-ring (bicyclic) bond motifs is 2. The lowest BCUT2D eigenvalue weighted by molar-refractivity contribution is -0.384. The Hall–Kier alpha value is -4.89. The maximum Gasteiger partial charge on any atom is 0.269 e. The van der Waals surface area contributed by atoms with E-state index in [-0.39, 0.29) is 62.9 Å². The second-order valence-corrected chi connectivity index (χ2v) is 13.9. The number of allylic oxidation sites excluding steroid dienone is 1. The second-order valence-electron chi connectivity index (χ2n) is 13.9. The zero-order valence-electron chi connectivity index (χ0n) is 30.4. The van der Waals surface area contributed by atoms with Crippen LogP contribution in [0.3, 0.4) is 0 Å². The van der Waals surface area contributed by atoms with Crippen molar-refractivity contribution in [2.45, 2.75) is 75.9 Å². The molecule has 1 aromatic heterocycles. The Bertz CT molecular complexity index is 1830. The van der Waals surface area contributed by atoms with Crippen molar-refractivity contribution in [3.63, 3.8) is 0 Å². The molecule has 0 spiro atoms. The fourth-order valence-corrected chi connectivity index (χ4v) is 8.36. The van der Waals surface area contributed by atoms with Crippen LogP contribution in [0.4, 0.5) is 5.69 Å². The standard InChI is InChI=1S/C40H49N5O9/c1-3-19-51-31-15-16-36-34(22-31)38-32(10-6-8-18-47)28(9-5-7-17-46)21-33-35(42-53-26-27-11-13-29(14-12-27)45(49)50)23-37(44-30(25-48)24-41-43-44)40(54-36,39(33)38)52-20-4-2/h3-4,11-16,21-22,24,28,32,37-39,46-48H,1-2,5-10,17-20,23,25-26H2/t28-,32+,37-,38+,39+,40+/m0/s1. The van der Waals surface area contributed by atoms with Gasteiger partial charge in [-0.1, -0.05) is 48.0 Å². The van der Waals surface area contributed by atoms with E-state index < -0.39 is 22.7 Å². The van der Waals surface area contributed by atoms with Gasteiger partial charge in [0.25, 0.3) is 5.69 Å². The van der Waals surface area contributed by atoms with Gasteiger partial charge in [-0.3, -0.25) is 10.1 Å². The molecule has 2 aliphatic carbocycles. The molecule has 6 rings (SSSR count). The molecule has 2 heterocycles. The van der Waals surface area contributed by atoms with Gasteiger partial charge < -0.3 is 34.4 Å². The molecule has 2 aromatic carbocycles. The molecule has 1 saturated carbocycles. The molecule has 0 bridgehead atoms. The van der Waals surface area contributed by atoms with Gasteiger partial charge in [-0.15, -0.1) is 11.7 Å². The monoisotopic (exact) mass is 743 g/mol. The lowest BCUT2D eigenvalue weighted by atomic mass is 9.55. The van der Waals surface area contributed by atoms with Gasteiger partial charge >= 0.3 is 0 Å². The van der Waals surface area contributed by atoms with Crippen molar-refractivity contribution in [3.05, 3.63) is 113 Å². The van der Waals surface area contributed by atoms with Gasteiger partial charge in [0.1, 0.15) is 30.8 Å². The summed E-state index contributed by atoms with van der Waals surface area (Å²) in [4.78, 5) is 16.8. The van der Waals surface area contributed by atoms with Gasteiger partial charge in [-0.05, 0) is 79.0 Å². The van der Waals surface area contributed by atoms with E-state index in [4.69, 9.17) is 24.2 Å². The molecule has 1 aliphatic heterocycles. The number of hydrogen-bond acceptors (Lipinski definition) is 12. The maximum atomic E-state index is 11.2. The SMILES string of the molecule is C=CCOc1ccc2c(c1)[C@H]1[C@H](CCCCO)[C@@H](CCCCO)C=C3C(=NOCc4ccc([N+](=O)[O-])cc4)C[C@H](n4nncc4CO)[C@@](OCC=C)(O2)[C@H]31. The minimum absolute atomic E-state index is 0.0154. The summed E-state index contributed by atoms with van der Waals surface area (Å²) in [5.41, 5.74) is 3.68. The number of hydrogen-bond donors (Lipinski definition) is 3. The second kappa shape index (κ2) is 18.0. The third-order valence-corrected chi connectivity index (χ3v) is 10.7. The number of nitro benzene ring substituents is 1. The summed E-state index contributed by atoms with van der Waals surface area (Å²) >= 11 is 0. The summed E-state index contributed by atoms with van der Waals surface area (Å²) in [6.07, 6.45) is 12.0. The number of rotatable bonds is 20. The van der Waals surface area contributed by atoms with Gasteiger partial charge in [0, 0.05) is 43.2 Å². The summed E-state index contributed by atoms with van der Waals surface area (Å²) in [5.74, 6) is -0.548. The molecule has 0 unspecified atom stereocenters. The molecule has 288 valence electrons. The highest BCUT2D eigenvalue weighted by Gasteiger charge is 2.65. The highest BCUT2D eigenvalue weighted by atomic mass is 16.7. The van der Waals surface area contributed by atoms with E-state index in [0.717, 1.165) is 36.8 Å². The fourth-order valence-electron chi connectivity index (χ4n) is 8.36. The minimum Gasteiger partial charge on any atom is -0.490 e. The molecule has 6 atom stereocenters. The average molecular weight is 744 g/mol. The number of ether oxygens (including phenoxy) is 3. The van der Waals surface area contributed by atoms with Crippen molar-refractivity contribution in [2.24, 2.45) is 22.9 Å². The van der Waals surface area contributed by atoms with E-state index in [1.807, 2.05) is 18.2 Å². The van der Waals surface area contributed by atoms with E-state index in [9.17, 15) is 25.4 Å². The molecular weight excluding hydrogens is 694 g/mol. The van der Waals surface area contributed by atoms with Crippen LogP contribution in [0.15, 0.2) is 90.8 Å². The number of aliphatic hydroxyl groups excluding tert-OH is 3. The smallest absolute Gasteiger partial charge is 0.269 e. The van der Waals surface area contributed by atoms with Crippen LogP contribution >= 0.6 is 0 Å². The molecule has 14 heteroatoms. The van der Waals surface area contributed by atoms with Crippen LogP contribution in [0.25, 0.3) is 0 Å². The Balaban J connectivity index is 1.54. The van der Waals surface area contributed by atoms with E-state index in [1.54, 1.807) is 29.0 Å². The first-order valence-corrected chi connectivity index (χ1v) is 18.6. The number of aromatic nitrogens is 3. The van der Waals surface area contributed by atoms with Crippen LogP contribution in [0.5, 0.6) is 11.5 Å². The summed E-state index contributed by atoms with van der Waals surface area (Å²) in [7, 11) is 0. The number of oxime groups is 1. The third-order valence-electron chi connectivity index (χ3n) is 10.7. The van der Waals surface area contributed by atoms with Crippen LogP contribution in [-0.2, 0) is 22.8 Å². The van der Waals surface area contributed by atoms with E-state index >= 15 is 0 Å². The summed E-state index contributed by atoms with van der Waals surface area (Å²) in [5, 5.41) is 54.6. The minimum atomic E-state index is -1.36. The number of unbranched alkanes of at least 4 members (excludes halogenated alkanes) is 2. The molecule has 3 aromatic rings. The number of aliphatic hydroxyl groups is 3. The molecule has 0 amide bonds. The lowest BCUT2D eigenvalue weighted by Crippen LogP contribution is -2.63. The van der Waals surface area contributed by atoms with Crippen LogP contribution in [0.2, 0.25) is 0 Å². The number of benzene rings is 2. The predicted octanol–water partition coefficient (Wildman–Crippen LogP) is 5.95. The molecule has 3 aliphatic rings. The Kier molecular flexibility index (Phi) is 12.9. The summed E-state index contributed by atoms with van der Waals surface area (Å²) < 4.78 is 21.7. The van der Waals surface area contributed by atoms with E-state index in [1.165, 1.54) is 18.3 Å². The first-order valence-electron chi connectivity index (χ1n) is 18.6. The average Bonchev–Trinajstić information content (AvgIpc) is 3.66. The molecule has 14 nitrogen and oxygen atoms in total. The predicted molar refractivity (Wildman–Crippen MR) is 200 cm³/mol. The van der Waals surface area contributed by atoms with Gasteiger partial charge in [-0.25, -0.2) is 4.68 Å². The highest BCUT2D eigenvalue weighted by molar-refractivity contribution is 6.02. The first kappa shape index (κ1) is 38.8. The van der Waals surface area contributed by atoms with Crippen molar-refractivity contribution in [1.29, 1.82) is 0 Å². The Labute approximate surface area is 314 Å². The normalized spacial score (nSPS) is 24.8. The zero-order valence-corrected chi connectivity index (χ0v) is 30.4. The third kappa shape index (κ3) is 7.97. The highest BCUT2D eigenvalue weighted by Crippen LogP contribution is 2.63. The molecule has 3 N–H and O–H groups in total. The van der Waals surface area contributed by atoms with Gasteiger partial charge in [-0.2, -0.15) is 0 Å². The van der Waals surface area contributed by atoms with Crippen LogP contribution in [0, 0.1) is 27.9 Å². The van der Waals surface area contributed by atoms with Crippen molar-refractivity contribution in [1.82, 2.24) is 15.0 Å². The molecule has 54 heavy (non-hydrogen) atoms. The summed E-state index contributed by atoms with van der Waals surface area (Å²) in [6.45, 7) is 8.19. The largest absolute Gasteiger partial charge is 0.490 e. The van der Waals surface area contributed by atoms with Crippen molar-refractivity contribution in [3.8, 4) is 11.5 Å². The topological polar surface area (TPSA) is 184 Å². The number of non-ortho nitro benzene ring substituents is 1. The van der Waals surface area contributed by atoms with Gasteiger partial charge in [0.05, 0.1) is 41.7 Å². The molecule has 1 fully saturated rings. The number of nitro groups is 1. The first-order chi connectivity index (χ1) is 26.4. The number of nitrogens with zero attached hydrogens (tertiary/aromatic N) is 5. The molecule has 0 radical (unpaired) electrons. The van der Waals surface area contributed by atoms with Crippen LogP contribution in [0.1, 0.15) is 73.7 Å². The zero-order chi connectivity index (χ0) is 38.1. The Morgan fingerprint density at radius 3 is 2.50 bits per heavy atom. The van der Waals surface area contributed by atoms with E-state index in [2.05, 4.69) is 29.5 Å². The molecule has 0 saturated heterocycles. The maximum absolute atomic E-state index is 11.2. The Morgan fingerprint density at radius 2 is 1.80 bits per heavy atom. The van der Waals surface area contributed by atoms with Gasteiger partial charge in [0.2, 0.25) is 5.79 Å². The van der Waals surface area contributed by atoms with Gasteiger partial charge in [0.15, 0.2) is 0 Å². The van der Waals surface area contributed by atoms with Crippen molar-refractivity contribution in [2.75, 3.05) is 26.4 Å². The van der Waals surface area contributed by atoms with Crippen LogP contribution in [-0.4, -0.2) is 73.2 Å². The van der Waals surface area contributed by atoms with Crippen molar-refractivity contribution >= 4 is 11.4 Å². The molecular formula is C40H49N5O9.